The lowest BCUT2D eigenvalue weighted by Gasteiger charge is -2.20. The summed E-state index contributed by atoms with van der Waals surface area (Å²) < 4.78 is 12.6. The summed E-state index contributed by atoms with van der Waals surface area (Å²) in [6.45, 7) is 4.97. The molecule has 2 unspecified atom stereocenters. The molecule has 0 saturated carbocycles. The molecule has 0 amide bonds. The van der Waals surface area contributed by atoms with Crippen molar-refractivity contribution < 1.29 is 4.21 Å². The van der Waals surface area contributed by atoms with Gasteiger partial charge in [0.15, 0.2) is 0 Å². The summed E-state index contributed by atoms with van der Waals surface area (Å²) in [6.07, 6.45) is 0. The van der Waals surface area contributed by atoms with Crippen molar-refractivity contribution >= 4 is 22.4 Å². The van der Waals surface area contributed by atoms with E-state index in [-0.39, 0.29) is 6.04 Å². The number of nitrogens with one attached hydrogen (secondary N) is 1. The monoisotopic (exact) mass is 321 g/mol. The molecular weight excluding hydrogens is 302 g/mol. The summed E-state index contributed by atoms with van der Waals surface area (Å²) in [7, 11) is -1.13. The molecular formula is C17H20ClNOS. The summed E-state index contributed by atoms with van der Waals surface area (Å²) in [4.78, 5) is 0.704. The topological polar surface area (TPSA) is 29.1 Å². The molecule has 0 spiro atoms. The molecule has 21 heavy (non-hydrogen) atoms. The van der Waals surface area contributed by atoms with Crippen molar-refractivity contribution in [2.45, 2.75) is 24.8 Å². The first-order valence-electron chi connectivity index (χ1n) is 7.05. The molecule has 2 atom stereocenters. The Kier molecular flexibility index (Phi) is 5.97. The number of benzene rings is 2. The minimum atomic E-state index is -1.13. The summed E-state index contributed by atoms with van der Waals surface area (Å²) in [5.41, 5.74) is 2.40. The van der Waals surface area contributed by atoms with Gasteiger partial charge in [-0.3, -0.25) is 4.21 Å². The molecule has 0 aliphatic heterocycles. The molecule has 1 N–H and O–H groups in total. The Balaban J connectivity index is 2.23. The van der Waals surface area contributed by atoms with Crippen molar-refractivity contribution in [2.75, 3.05) is 12.3 Å². The molecule has 4 heteroatoms. The van der Waals surface area contributed by atoms with Crippen molar-refractivity contribution in [3.63, 3.8) is 0 Å². The molecule has 0 radical (unpaired) electrons. The van der Waals surface area contributed by atoms with Gasteiger partial charge in [-0.1, -0.05) is 54.9 Å². The van der Waals surface area contributed by atoms with Crippen molar-refractivity contribution in [1.29, 1.82) is 0 Å². The van der Waals surface area contributed by atoms with Crippen molar-refractivity contribution in [1.82, 2.24) is 5.32 Å². The van der Waals surface area contributed by atoms with Crippen molar-refractivity contribution in [2.24, 2.45) is 0 Å². The highest BCUT2D eigenvalue weighted by Gasteiger charge is 2.18. The van der Waals surface area contributed by atoms with Gasteiger partial charge in [0.1, 0.15) is 0 Å². The van der Waals surface area contributed by atoms with Crippen LogP contribution in [0.5, 0.6) is 0 Å². The number of hydrogen-bond donors (Lipinski definition) is 1. The van der Waals surface area contributed by atoms with Crippen LogP contribution in [0.4, 0.5) is 0 Å². The average molecular weight is 322 g/mol. The normalized spacial score (nSPS) is 13.9. The summed E-state index contributed by atoms with van der Waals surface area (Å²) in [5.74, 6) is 0.516. The standard InChI is InChI=1S/C17H20ClNOS/c1-3-19-16(14-9-5-4-8-13(14)2)12-21(20)17-11-7-6-10-15(17)18/h4-11,16,19H,3,12H2,1-2H3. The molecule has 0 aromatic heterocycles. The maximum Gasteiger partial charge on any atom is 0.0574 e. The summed E-state index contributed by atoms with van der Waals surface area (Å²) in [5, 5.41) is 3.99. The van der Waals surface area contributed by atoms with E-state index in [1.54, 1.807) is 6.07 Å². The molecule has 0 bridgehead atoms. The van der Waals surface area contributed by atoms with Gasteiger partial charge in [0.2, 0.25) is 0 Å². The third-order valence-electron chi connectivity index (χ3n) is 3.41. The molecule has 2 nitrogen and oxygen atoms in total. The van der Waals surface area contributed by atoms with Gasteiger partial charge in [0, 0.05) is 11.8 Å². The highest BCUT2D eigenvalue weighted by molar-refractivity contribution is 7.85. The molecule has 0 fully saturated rings. The Labute approximate surface area is 134 Å². The zero-order chi connectivity index (χ0) is 15.2. The Morgan fingerprint density at radius 2 is 1.81 bits per heavy atom. The quantitative estimate of drug-likeness (QED) is 0.867. The van der Waals surface area contributed by atoms with Crippen LogP contribution in [0.15, 0.2) is 53.4 Å². The number of hydrogen-bond acceptors (Lipinski definition) is 2. The fourth-order valence-electron chi connectivity index (χ4n) is 2.35. The van der Waals surface area contributed by atoms with Crippen LogP contribution in [0.2, 0.25) is 5.02 Å². The first-order valence-corrected chi connectivity index (χ1v) is 8.75. The Bertz CT molecular complexity index is 630. The highest BCUT2D eigenvalue weighted by Crippen LogP contribution is 2.24. The van der Waals surface area contributed by atoms with Crippen molar-refractivity contribution in [3.05, 3.63) is 64.7 Å². The first kappa shape index (κ1) is 16.2. The number of aryl methyl sites for hydroxylation is 1. The summed E-state index contributed by atoms with van der Waals surface area (Å²) in [6, 6.07) is 15.6. The molecule has 0 saturated heterocycles. The van der Waals surface area contributed by atoms with Gasteiger partial charge in [-0.15, -0.1) is 0 Å². The van der Waals surface area contributed by atoms with Crippen LogP contribution in [0, 0.1) is 6.92 Å². The van der Waals surface area contributed by atoms with Gasteiger partial charge in [-0.05, 0) is 36.7 Å². The molecule has 2 rings (SSSR count). The summed E-state index contributed by atoms with van der Waals surface area (Å²) >= 11 is 6.14. The van der Waals surface area contributed by atoms with Crippen LogP contribution in [0.25, 0.3) is 0 Å². The molecule has 0 aliphatic carbocycles. The zero-order valence-electron chi connectivity index (χ0n) is 12.3. The lowest BCUT2D eigenvalue weighted by atomic mass is 10.0. The van der Waals surface area contributed by atoms with E-state index in [1.807, 2.05) is 30.3 Å². The van der Waals surface area contributed by atoms with Gasteiger partial charge in [0.25, 0.3) is 0 Å². The van der Waals surface area contributed by atoms with E-state index in [0.717, 1.165) is 6.54 Å². The number of halogens is 1. The molecule has 112 valence electrons. The Morgan fingerprint density at radius 3 is 2.48 bits per heavy atom. The van der Waals surface area contributed by atoms with Crippen LogP contribution in [-0.4, -0.2) is 16.5 Å². The Morgan fingerprint density at radius 1 is 1.14 bits per heavy atom. The van der Waals surface area contributed by atoms with E-state index < -0.39 is 10.8 Å². The fraction of sp³-hybridized carbons (Fsp3) is 0.294. The predicted molar refractivity (Wildman–Crippen MR) is 90.3 cm³/mol. The SMILES string of the molecule is CCNC(CS(=O)c1ccccc1Cl)c1ccccc1C. The largest absolute Gasteiger partial charge is 0.309 e. The van der Waals surface area contributed by atoms with E-state index in [4.69, 9.17) is 11.6 Å². The molecule has 0 aliphatic rings. The van der Waals surface area contributed by atoms with Gasteiger partial charge >= 0.3 is 0 Å². The van der Waals surface area contributed by atoms with Crippen LogP contribution in [0.3, 0.4) is 0 Å². The number of rotatable bonds is 6. The third kappa shape index (κ3) is 4.16. The third-order valence-corrected chi connectivity index (χ3v) is 5.34. The van der Waals surface area contributed by atoms with Gasteiger partial charge in [-0.25, -0.2) is 0 Å². The van der Waals surface area contributed by atoms with Crippen LogP contribution in [0.1, 0.15) is 24.1 Å². The molecule has 0 heterocycles. The Hall–Kier alpha value is -1.16. The highest BCUT2D eigenvalue weighted by atomic mass is 35.5. The van der Waals surface area contributed by atoms with E-state index in [2.05, 4.69) is 31.3 Å². The van der Waals surface area contributed by atoms with Gasteiger partial charge in [-0.2, -0.15) is 0 Å². The predicted octanol–water partition coefficient (Wildman–Crippen LogP) is 4.11. The van der Waals surface area contributed by atoms with Gasteiger partial charge in [0.05, 0.1) is 20.7 Å². The van der Waals surface area contributed by atoms with Crippen LogP contribution >= 0.6 is 11.6 Å². The second-order valence-corrected chi connectivity index (χ2v) is 6.78. The van der Waals surface area contributed by atoms with E-state index in [1.165, 1.54) is 11.1 Å². The van der Waals surface area contributed by atoms with Crippen LogP contribution in [-0.2, 0) is 10.8 Å². The first-order chi connectivity index (χ1) is 10.1. The van der Waals surface area contributed by atoms with Crippen LogP contribution < -0.4 is 5.32 Å². The maximum atomic E-state index is 12.6. The zero-order valence-corrected chi connectivity index (χ0v) is 13.9. The fourth-order valence-corrected chi connectivity index (χ4v) is 4.04. The smallest absolute Gasteiger partial charge is 0.0574 e. The molecule has 2 aromatic rings. The maximum absolute atomic E-state index is 12.6. The molecule has 2 aromatic carbocycles. The second kappa shape index (κ2) is 7.74. The minimum Gasteiger partial charge on any atom is -0.309 e. The van der Waals surface area contributed by atoms with E-state index in [0.29, 0.717) is 15.7 Å². The van der Waals surface area contributed by atoms with Gasteiger partial charge < -0.3 is 5.32 Å². The van der Waals surface area contributed by atoms with Crippen molar-refractivity contribution in [3.8, 4) is 0 Å². The lowest BCUT2D eigenvalue weighted by molar-refractivity contribution is 0.592. The lowest BCUT2D eigenvalue weighted by Crippen LogP contribution is -2.26. The van der Waals surface area contributed by atoms with E-state index in [9.17, 15) is 4.21 Å². The minimum absolute atomic E-state index is 0.0632. The second-order valence-electron chi connectivity index (χ2n) is 4.91. The average Bonchev–Trinajstić information content (AvgIpc) is 2.47. The van der Waals surface area contributed by atoms with E-state index >= 15 is 0 Å².